The summed E-state index contributed by atoms with van der Waals surface area (Å²) >= 11 is 1.56. The molecule has 262 valence electrons. The molecule has 2 nitrogen and oxygen atoms in total. The van der Waals surface area contributed by atoms with E-state index in [1.54, 1.807) is 23.3 Å². The van der Waals surface area contributed by atoms with Crippen LogP contribution in [0, 0.1) is 27.4 Å². The minimum absolute atomic E-state index is 0.166. The molecule has 0 aliphatic carbocycles. The smallest absolute Gasteiger partial charge is 0.277 e. The Bertz CT molecular complexity index is 3060. The highest BCUT2D eigenvalue weighted by molar-refractivity contribution is 8.30. The lowest BCUT2D eigenvalue weighted by Gasteiger charge is -2.36. The summed E-state index contributed by atoms with van der Waals surface area (Å²) in [5.74, 6) is 0.157. The van der Waals surface area contributed by atoms with Crippen molar-refractivity contribution in [3.05, 3.63) is 143 Å². The van der Waals surface area contributed by atoms with Crippen molar-refractivity contribution in [2.24, 2.45) is 0 Å². The van der Waals surface area contributed by atoms with Crippen molar-refractivity contribution < 1.29 is 33.8 Å². The first kappa shape index (κ1) is 19.7. The zero-order valence-corrected chi connectivity index (χ0v) is 31.9. The van der Waals surface area contributed by atoms with Crippen LogP contribution >= 0.6 is 11.2 Å². The minimum Gasteiger partial charge on any atom is -0.540 e. The van der Waals surface area contributed by atoms with Gasteiger partial charge in [-0.25, -0.2) is 0 Å². The van der Waals surface area contributed by atoms with Crippen LogP contribution < -0.4 is 19.5 Å². The Hall–Kier alpha value is -4.30. The quantitative estimate of drug-likeness (QED) is 0.168. The number of benzene rings is 6. The van der Waals surface area contributed by atoms with Crippen molar-refractivity contribution >= 4 is 37.1 Å². The summed E-state index contributed by atoms with van der Waals surface area (Å²) in [5.41, 5.74) is -6.53. The normalized spacial score (nSPS) is 22.8. The van der Waals surface area contributed by atoms with E-state index in [9.17, 15) is 8.22 Å². The van der Waals surface area contributed by atoms with Crippen LogP contribution in [0.25, 0.3) is 33.4 Å². The van der Waals surface area contributed by atoms with E-state index in [0.717, 1.165) is 22.2 Å². The van der Waals surface area contributed by atoms with Crippen LogP contribution in [0.3, 0.4) is 0 Å². The fourth-order valence-corrected chi connectivity index (χ4v) is 16.1. The van der Waals surface area contributed by atoms with E-state index in [1.165, 1.54) is 60.7 Å². The molecule has 0 radical (unpaired) electrons. The van der Waals surface area contributed by atoms with Crippen molar-refractivity contribution in [3.8, 4) is 50.6 Å². The van der Waals surface area contributed by atoms with Crippen LogP contribution in [0.15, 0.2) is 114 Å². The van der Waals surface area contributed by atoms with Crippen molar-refractivity contribution in [1.82, 2.24) is 0 Å². The second-order valence-corrected chi connectivity index (χ2v) is 25.9. The van der Waals surface area contributed by atoms with E-state index in [2.05, 4.69) is 13.1 Å². The van der Waals surface area contributed by atoms with Gasteiger partial charge in [-0.2, -0.15) is 0 Å². The number of aryl methyl sites for hydroxylation is 2. The molecule has 0 unspecified atom stereocenters. The number of fused-ring (bicyclic) bond motifs is 4. The first-order chi connectivity index (χ1) is 32.0. The summed E-state index contributed by atoms with van der Waals surface area (Å²) < 4.78 is 174. The molecule has 0 atom stereocenters. The Morgan fingerprint density at radius 1 is 0.558 bits per heavy atom. The van der Waals surface area contributed by atoms with Gasteiger partial charge in [-0.05, 0) is 113 Å². The molecule has 0 spiro atoms. The van der Waals surface area contributed by atoms with Crippen molar-refractivity contribution in [2.45, 2.75) is 77.6 Å². The molecule has 5 heteroatoms. The lowest BCUT2D eigenvalue weighted by molar-refractivity contribution is 0.419. The van der Waals surface area contributed by atoms with Crippen molar-refractivity contribution in [1.29, 1.82) is 0 Å². The fourth-order valence-electron chi connectivity index (χ4n) is 7.48. The summed E-state index contributed by atoms with van der Waals surface area (Å²) in [5, 5.41) is 1.79. The third-order valence-corrected chi connectivity index (χ3v) is 18.4. The summed E-state index contributed by atoms with van der Waals surface area (Å²) in [4.78, 5) is 0.633. The predicted octanol–water partition coefficient (Wildman–Crippen LogP) is 12.4. The zero-order chi connectivity index (χ0) is 51.7. The SMILES string of the molecule is [2H]C([2H])([2H])c1ccc(-c2ccc(C([2H])([2H])[2H])c(-c3cccc4c3S[Si](C)(C)c3ccccc3O[Si]4(C)C)c2C([2H])([2H])[2H])c(C([2H])([2H])[2H])c1-c1cccc2c1Oc1ccccc1C2(C([2H])([2H])[2H])C([2H])([2H])[2H]. The van der Waals surface area contributed by atoms with Gasteiger partial charge in [0.15, 0.2) is 7.22 Å². The number of hydrogen-bond acceptors (Lipinski definition) is 3. The Morgan fingerprint density at radius 3 is 1.85 bits per heavy atom. The van der Waals surface area contributed by atoms with Crippen molar-refractivity contribution in [3.63, 3.8) is 0 Å². The molecule has 0 fully saturated rings. The van der Waals surface area contributed by atoms with E-state index >= 15 is 0 Å². The number of para-hydroxylation sites is 3. The minimum atomic E-state index is -3.29. The van der Waals surface area contributed by atoms with Crippen LogP contribution in [0.2, 0.25) is 26.2 Å². The molecule has 2 heterocycles. The summed E-state index contributed by atoms with van der Waals surface area (Å²) in [6, 6.07) is 27.4. The summed E-state index contributed by atoms with van der Waals surface area (Å²) in [6.07, 6.45) is 0. The average Bonchev–Trinajstić information content (AvgIpc) is 3.21. The first-order valence-corrected chi connectivity index (χ1v) is 24.4. The fraction of sp³-hybridized carbons (Fsp3) is 0.234. The largest absolute Gasteiger partial charge is 0.540 e. The van der Waals surface area contributed by atoms with Gasteiger partial charge in [0, 0.05) is 51.7 Å². The van der Waals surface area contributed by atoms with Gasteiger partial charge in [0.1, 0.15) is 17.2 Å². The summed E-state index contributed by atoms with van der Waals surface area (Å²) in [7, 11) is -5.56. The predicted molar refractivity (Wildman–Crippen MR) is 228 cm³/mol. The highest BCUT2D eigenvalue weighted by Gasteiger charge is 2.40. The topological polar surface area (TPSA) is 18.5 Å². The standard InChI is InChI=1S/C47H48O2SSi2/c1-29-25-27-33(31(3)43(29)35-17-15-20-38-45(35)48-39-21-12-11-19-37(39)47(38,5)6)34-28-26-30(2)44(32(34)4)36-18-16-24-42-46(36)50-52(9,10)41-23-14-13-22-40(41)49-51(42,7)8/h11-28H,1-10H3/i1D3,2D3,3D3,4D3,5D3,6D3. The molecular formula is C47H48O2SSi2. The van der Waals surface area contributed by atoms with E-state index in [1.807, 2.05) is 43.4 Å². The Morgan fingerprint density at radius 2 is 1.15 bits per heavy atom. The van der Waals surface area contributed by atoms with Gasteiger partial charge >= 0.3 is 0 Å². The van der Waals surface area contributed by atoms with E-state index < -0.39 is 90.1 Å². The zero-order valence-electron chi connectivity index (χ0n) is 47.1. The average molecular weight is 751 g/mol. The molecule has 2 aliphatic heterocycles. The molecule has 6 aromatic rings. The van der Waals surface area contributed by atoms with Gasteiger partial charge in [-0.3, -0.25) is 0 Å². The third-order valence-electron chi connectivity index (χ3n) is 10.1. The highest BCUT2D eigenvalue weighted by atomic mass is 32.4. The van der Waals surface area contributed by atoms with Gasteiger partial charge in [-0.15, -0.1) is 11.2 Å². The molecule has 0 N–H and O–H groups in total. The maximum Gasteiger partial charge on any atom is 0.277 e. The van der Waals surface area contributed by atoms with Gasteiger partial charge in [-0.1, -0.05) is 124 Å². The van der Waals surface area contributed by atoms with Crippen LogP contribution in [-0.2, 0) is 5.41 Å². The Kier molecular flexibility index (Phi) is 4.69. The Balaban J connectivity index is 1.53. The molecule has 2 aliphatic rings. The number of ether oxygens (including phenoxy) is 1. The monoisotopic (exact) mass is 750 g/mol. The van der Waals surface area contributed by atoms with Gasteiger partial charge in [0.25, 0.3) is 8.32 Å². The molecule has 0 saturated carbocycles. The van der Waals surface area contributed by atoms with Gasteiger partial charge in [0.2, 0.25) is 0 Å². The second-order valence-electron chi connectivity index (χ2n) is 14.3. The molecule has 52 heavy (non-hydrogen) atoms. The molecule has 8 rings (SSSR count). The second kappa shape index (κ2) is 12.4. The number of hydrogen-bond donors (Lipinski definition) is 0. The number of rotatable bonds is 3. The summed E-state index contributed by atoms with van der Waals surface area (Å²) in [6.45, 7) is -10.8. The first-order valence-electron chi connectivity index (χ1n) is 25.9. The van der Waals surface area contributed by atoms with Gasteiger partial charge in [0.05, 0.1) is 0 Å². The molecule has 0 saturated heterocycles. The van der Waals surface area contributed by atoms with E-state index in [0.29, 0.717) is 4.90 Å². The lowest BCUT2D eigenvalue weighted by atomic mass is 9.74. The lowest BCUT2D eigenvalue weighted by Crippen LogP contribution is -2.53. The Labute approximate surface area is 341 Å². The van der Waals surface area contributed by atoms with Gasteiger partial charge < -0.3 is 9.16 Å². The van der Waals surface area contributed by atoms with Crippen LogP contribution in [0.1, 0.15) is 71.8 Å². The molecule has 0 aromatic heterocycles. The molecule has 0 bridgehead atoms. The third kappa shape index (κ3) is 5.43. The van der Waals surface area contributed by atoms with E-state index in [4.69, 9.17) is 25.6 Å². The van der Waals surface area contributed by atoms with Crippen LogP contribution in [0.4, 0.5) is 0 Å². The highest BCUT2D eigenvalue weighted by Crippen LogP contribution is 2.53. The van der Waals surface area contributed by atoms with Crippen LogP contribution in [-0.4, -0.2) is 15.5 Å². The molecule has 6 aromatic carbocycles. The molecule has 0 amide bonds. The van der Waals surface area contributed by atoms with Crippen LogP contribution in [0.5, 0.6) is 17.2 Å². The maximum absolute atomic E-state index is 9.24. The van der Waals surface area contributed by atoms with E-state index in [-0.39, 0.29) is 50.3 Å². The molecular weight excluding hydrogens is 685 g/mol. The maximum atomic E-state index is 9.24. The van der Waals surface area contributed by atoms with Crippen molar-refractivity contribution in [2.75, 3.05) is 0 Å².